The maximum atomic E-state index is 12.3. The third-order valence-electron chi connectivity index (χ3n) is 4.58. The fourth-order valence-electron chi connectivity index (χ4n) is 3.35. The minimum absolute atomic E-state index is 0.0429. The number of aromatic nitrogens is 2. The number of rotatable bonds is 2. The van der Waals surface area contributed by atoms with Crippen molar-refractivity contribution in [3.8, 4) is 0 Å². The lowest BCUT2D eigenvalue weighted by Crippen LogP contribution is -2.68. The maximum Gasteiger partial charge on any atom is 0.274 e. The van der Waals surface area contributed by atoms with E-state index in [1.165, 1.54) is 4.57 Å². The average molecular weight is 336 g/mol. The molecule has 3 aliphatic rings. The van der Waals surface area contributed by atoms with Crippen molar-refractivity contribution >= 4 is 32.7 Å². The molecule has 0 saturated heterocycles. The molecule has 6 heteroatoms. The van der Waals surface area contributed by atoms with Gasteiger partial charge in [0.15, 0.2) is 0 Å². The van der Waals surface area contributed by atoms with Crippen molar-refractivity contribution in [2.24, 2.45) is 13.0 Å². The van der Waals surface area contributed by atoms with Gasteiger partial charge >= 0.3 is 0 Å². The number of carbonyl (C=O) groups is 1. The SMILES string of the molecule is Cn1cc(Br)c2cc(C(=O)NC34CC(C3)C4)[nH]c2c1=O. The van der Waals surface area contributed by atoms with Crippen molar-refractivity contribution in [2.75, 3.05) is 0 Å². The van der Waals surface area contributed by atoms with E-state index in [9.17, 15) is 9.59 Å². The van der Waals surface area contributed by atoms with Crippen LogP contribution in [0.25, 0.3) is 10.9 Å². The molecule has 3 fully saturated rings. The van der Waals surface area contributed by atoms with Crippen LogP contribution in [0.1, 0.15) is 29.8 Å². The number of hydrogen-bond acceptors (Lipinski definition) is 2. The summed E-state index contributed by atoms with van der Waals surface area (Å²) < 4.78 is 2.29. The van der Waals surface area contributed by atoms with E-state index in [4.69, 9.17) is 0 Å². The van der Waals surface area contributed by atoms with E-state index in [1.54, 1.807) is 19.3 Å². The van der Waals surface area contributed by atoms with Crippen molar-refractivity contribution in [1.82, 2.24) is 14.9 Å². The van der Waals surface area contributed by atoms with Gasteiger partial charge in [-0.3, -0.25) is 9.59 Å². The molecule has 3 saturated carbocycles. The van der Waals surface area contributed by atoms with Gasteiger partial charge in [0.2, 0.25) is 0 Å². The zero-order chi connectivity index (χ0) is 14.1. The quantitative estimate of drug-likeness (QED) is 0.880. The van der Waals surface area contributed by atoms with Crippen LogP contribution < -0.4 is 10.9 Å². The number of pyridine rings is 1. The Kier molecular flexibility index (Phi) is 2.29. The van der Waals surface area contributed by atoms with Crippen molar-refractivity contribution in [1.29, 1.82) is 0 Å². The molecule has 0 spiro atoms. The number of nitrogens with zero attached hydrogens (tertiary/aromatic N) is 1. The number of nitrogens with one attached hydrogen (secondary N) is 2. The molecule has 2 aromatic heterocycles. The highest BCUT2D eigenvalue weighted by Gasteiger charge is 2.57. The molecular weight excluding hydrogens is 322 g/mol. The second kappa shape index (κ2) is 3.75. The number of aromatic amines is 1. The lowest BCUT2D eigenvalue weighted by Gasteiger charge is -2.61. The second-order valence-electron chi connectivity index (χ2n) is 6.08. The van der Waals surface area contributed by atoms with Crippen LogP contribution in [0.15, 0.2) is 21.5 Å². The van der Waals surface area contributed by atoms with E-state index >= 15 is 0 Å². The first kappa shape index (κ1) is 12.2. The molecule has 0 aliphatic heterocycles. The van der Waals surface area contributed by atoms with Gasteiger partial charge in [0.1, 0.15) is 11.2 Å². The minimum atomic E-state index is -0.132. The largest absolute Gasteiger partial charge is 0.346 e. The lowest BCUT2D eigenvalue weighted by molar-refractivity contribution is -0.0439. The van der Waals surface area contributed by atoms with E-state index in [0.29, 0.717) is 11.2 Å². The molecule has 3 aliphatic carbocycles. The molecule has 20 heavy (non-hydrogen) atoms. The molecule has 0 radical (unpaired) electrons. The standard InChI is InChI=1S/C14H14BrN3O2/c1-18-6-9(15)8-2-10(16-11(8)13(18)20)12(19)17-14-3-7(4-14)5-14/h2,6-7,16H,3-5H2,1H3,(H,17,19). The van der Waals surface area contributed by atoms with Crippen LogP contribution in [0.5, 0.6) is 0 Å². The van der Waals surface area contributed by atoms with E-state index in [2.05, 4.69) is 26.2 Å². The van der Waals surface area contributed by atoms with Crippen molar-refractivity contribution < 1.29 is 4.79 Å². The first-order valence-corrected chi connectivity index (χ1v) is 7.47. The number of hydrogen-bond donors (Lipinski definition) is 2. The Morgan fingerprint density at radius 3 is 2.80 bits per heavy atom. The van der Waals surface area contributed by atoms with Crippen LogP contribution >= 0.6 is 15.9 Å². The Balaban J connectivity index is 1.73. The Bertz CT molecular complexity index is 788. The Morgan fingerprint density at radius 1 is 1.50 bits per heavy atom. The number of H-pyrrole nitrogens is 1. The van der Waals surface area contributed by atoms with Gasteiger partial charge in [-0.1, -0.05) is 0 Å². The summed E-state index contributed by atoms with van der Waals surface area (Å²) in [6.07, 6.45) is 5.01. The zero-order valence-electron chi connectivity index (χ0n) is 11.0. The number of carbonyl (C=O) groups excluding carboxylic acids is 1. The van der Waals surface area contributed by atoms with Crippen LogP contribution in [0.2, 0.25) is 0 Å². The molecular formula is C14H14BrN3O2. The number of amides is 1. The first-order chi connectivity index (χ1) is 9.47. The molecule has 2 bridgehead atoms. The van der Waals surface area contributed by atoms with E-state index in [1.807, 2.05) is 0 Å². The van der Waals surface area contributed by atoms with Gasteiger partial charge in [-0.05, 0) is 47.2 Å². The topological polar surface area (TPSA) is 66.9 Å². The molecule has 0 aromatic carbocycles. The van der Waals surface area contributed by atoms with Crippen LogP contribution in [0, 0.1) is 5.92 Å². The Hall–Kier alpha value is -1.56. The fourth-order valence-corrected chi connectivity index (χ4v) is 3.97. The van der Waals surface area contributed by atoms with Gasteiger partial charge in [-0.15, -0.1) is 0 Å². The summed E-state index contributed by atoms with van der Waals surface area (Å²) in [5.74, 6) is 0.702. The molecule has 2 heterocycles. The molecule has 5 rings (SSSR count). The molecule has 1 amide bonds. The normalized spacial score (nSPS) is 27.0. The second-order valence-corrected chi connectivity index (χ2v) is 6.93. The monoisotopic (exact) mass is 335 g/mol. The van der Waals surface area contributed by atoms with Gasteiger partial charge in [0.05, 0.1) is 0 Å². The van der Waals surface area contributed by atoms with Crippen LogP contribution in [0.3, 0.4) is 0 Å². The Labute approximate surface area is 123 Å². The highest BCUT2D eigenvalue weighted by Crippen LogP contribution is 2.56. The third-order valence-corrected chi connectivity index (χ3v) is 5.21. The van der Waals surface area contributed by atoms with Crippen LogP contribution in [0.4, 0.5) is 0 Å². The molecule has 2 aromatic rings. The summed E-state index contributed by atoms with van der Waals surface area (Å²) in [6.45, 7) is 0. The van der Waals surface area contributed by atoms with Gasteiger partial charge in [-0.25, -0.2) is 0 Å². The van der Waals surface area contributed by atoms with E-state index in [0.717, 1.165) is 35.0 Å². The minimum Gasteiger partial charge on any atom is -0.346 e. The van der Waals surface area contributed by atoms with Gasteiger partial charge in [-0.2, -0.15) is 0 Å². The summed E-state index contributed by atoms with van der Waals surface area (Å²) in [7, 11) is 1.69. The number of halogens is 1. The van der Waals surface area contributed by atoms with E-state index in [-0.39, 0.29) is 17.0 Å². The molecule has 2 N–H and O–H groups in total. The van der Waals surface area contributed by atoms with Crippen molar-refractivity contribution in [2.45, 2.75) is 24.8 Å². The maximum absolute atomic E-state index is 12.3. The van der Waals surface area contributed by atoms with Crippen molar-refractivity contribution in [3.63, 3.8) is 0 Å². The highest BCUT2D eigenvalue weighted by molar-refractivity contribution is 9.10. The molecule has 0 unspecified atom stereocenters. The van der Waals surface area contributed by atoms with E-state index < -0.39 is 0 Å². The summed E-state index contributed by atoms with van der Waals surface area (Å²) in [5.41, 5.74) is 0.826. The first-order valence-electron chi connectivity index (χ1n) is 6.68. The van der Waals surface area contributed by atoms with Crippen LogP contribution in [-0.2, 0) is 7.05 Å². The smallest absolute Gasteiger partial charge is 0.274 e. The highest BCUT2D eigenvalue weighted by atomic mass is 79.9. The molecule has 0 atom stereocenters. The predicted octanol–water partition coefficient (Wildman–Crippen LogP) is 1.91. The summed E-state index contributed by atoms with van der Waals surface area (Å²) in [5, 5.41) is 3.84. The zero-order valence-corrected chi connectivity index (χ0v) is 12.6. The number of aryl methyl sites for hydroxylation is 1. The van der Waals surface area contributed by atoms with Crippen LogP contribution in [-0.4, -0.2) is 21.0 Å². The average Bonchev–Trinajstić information content (AvgIpc) is 2.74. The van der Waals surface area contributed by atoms with Gasteiger partial charge < -0.3 is 14.9 Å². The summed E-state index contributed by atoms with van der Waals surface area (Å²) in [6, 6.07) is 1.74. The fraction of sp³-hybridized carbons (Fsp3) is 0.429. The summed E-state index contributed by atoms with van der Waals surface area (Å²) >= 11 is 3.43. The Morgan fingerprint density at radius 2 is 2.20 bits per heavy atom. The van der Waals surface area contributed by atoms with Gasteiger partial charge in [0, 0.05) is 28.6 Å². The number of fused-ring (bicyclic) bond motifs is 1. The molecule has 104 valence electrons. The van der Waals surface area contributed by atoms with Crippen molar-refractivity contribution in [3.05, 3.63) is 32.8 Å². The van der Waals surface area contributed by atoms with Gasteiger partial charge in [0.25, 0.3) is 11.5 Å². The lowest BCUT2D eigenvalue weighted by atomic mass is 9.50. The summed E-state index contributed by atoms with van der Waals surface area (Å²) in [4.78, 5) is 27.3. The third kappa shape index (κ3) is 1.54. The predicted molar refractivity (Wildman–Crippen MR) is 78.8 cm³/mol. The molecule has 5 nitrogen and oxygen atoms in total.